The van der Waals surface area contributed by atoms with Gasteiger partial charge in [-0.15, -0.1) is 0 Å². The van der Waals surface area contributed by atoms with E-state index in [4.69, 9.17) is 4.42 Å². The highest BCUT2D eigenvalue weighted by Gasteiger charge is 2.15. The van der Waals surface area contributed by atoms with Gasteiger partial charge in [0.05, 0.1) is 0 Å². The third kappa shape index (κ3) is 6.08. The number of fused-ring (bicyclic) bond motifs is 1. The summed E-state index contributed by atoms with van der Waals surface area (Å²) in [4.78, 5) is 2.31. The Morgan fingerprint density at radius 1 is 0.288 bits per heavy atom. The van der Waals surface area contributed by atoms with Gasteiger partial charge in [-0.1, -0.05) is 164 Å². The largest absolute Gasteiger partial charge is 0.456 e. The second kappa shape index (κ2) is 13.8. The molecule has 0 fully saturated rings. The van der Waals surface area contributed by atoms with Crippen LogP contribution in [-0.2, 0) is 0 Å². The van der Waals surface area contributed by atoms with Crippen molar-refractivity contribution in [3.63, 3.8) is 0 Å². The lowest BCUT2D eigenvalue weighted by Crippen LogP contribution is -2.09. The molecule has 1 heterocycles. The smallest absolute Gasteiger partial charge is 0.136 e. The first kappa shape index (κ1) is 31.1. The topological polar surface area (TPSA) is 16.4 Å². The van der Waals surface area contributed by atoms with Crippen LogP contribution in [0.1, 0.15) is 0 Å². The maximum absolute atomic E-state index is 6.25. The number of furan rings is 1. The summed E-state index contributed by atoms with van der Waals surface area (Å²) in [6.07, 6.45) is 0. The zero-order valence-electron chi connectivity index (χ0n) is 28.6. The molecule has 0 atom stereocenters. The van der Waals surface area contributed by atoms with E-state index in [0.717, 1.165) is 50.5 Å². The van der Waals surface area contributed by atoms with Crippen molar-refractivity contribution in [1.29, 1.82) is 0 Å². The molecule has 52 heavy (non-hydrogen) atoms. The molecule has 246 valence electrons. The molecule has 0 saturated carbocycles. The fourth-order valence-electron chi connectivity index (χ4n) is 7.13. The van der Waals surface area contributed by atoms with E-state index in [2.05, 4.69) is 199 Å². The molecule has 0 aliphatic heterocycles. The average molecular weight is 666 g/mol. The predicted molar refractivity (Wildman–Crippen MR) is 218 cm³/mol. The Hall–Kier alpha value is -6.90. The first-order chi connectivity index (χ1) is 25.8. The van der Waals surface area contributed by atoms with Crippen molar-refractivity contribution in [3.05, 3.63) is 212 Å². The zero-order valence-corrected chi connectivity index (χ0v) is 28.6. The van der Waals surface area contributed by atoms with Gasteiger partial charge in [0.1, 0.15) is 11.3 Å². The van der Waals surface area contributed by atoms with Gasteiger partial charge in [0, 0.05) is 28.0 Å². The molecular weight excluding hydrogens is 631 g/mol. The minimum absolute atomic E-state index is 0.881. The van der Waals surface area contributed by atoms with Crippen molar-refractivity contribution in [2.75, 3.05) is 4.90 Å². The quantitative estimate of drug-likeness (QED) is 0.161. The molecule has 0 radical (unpaired) electrons. The summed E-state index contributed by atoms with van der Waals surface area (Å²) in [6.45, 7) is 0. The SMILES string of the molecule is c1ccc(-c2ccccc2-c2ccc(N(c3ccccc3)c3ccc(-c4ccc(-c5ccccc5-c5cc6ccccc6o5)cc4)cc3)cc2)cc1. The predicted octanol–water partition coefficient (Wildman–Crippen LogP) is 14.2. The fourth-order valence-corrected chi connectivity index (χ4v) is 7.13. The van der Waals surface area contributed by atoms with Crippen molar-refractivity contribution >= 4 is 28.0 Å². The van der Waals surface area contributed by atoms with E-state index in [1.807, 2.05) is 18.2 Å². The summed E-state index contributed by atoms with van der Waals surface area (Å²) in [5, 5.41) is 1.11. The Balaban J connectivity index is 1.00. The van der Waals surface area contributed by atoms with Crippen molar-refractivity contribution in [3.8, 4) is 55.8 Å². The Bertz CT molecular complexity index is 2550. The summed E-state index contributed by atoms with van der Waals surface area (Å²) < 4.78 is 6.25. The van der Waals surface area contributed by atoms with E-state index in [1.165, 1.54) is 33.4 Å². The Labute approximate surface area is 304 Å². The standard InChI is InChI=1S/C50H35NO/c1-3-13-38(14-4-1)45-18-8-9-19-46(45)40-29-33-44(34-30-40)51(42-16-5-2-6-17-42)43-31-27-37(28-32-43)36-23-25-39(26-24-36)47-20-10-11-21-48(47)50-35-41-15-7-12-22-49(41)52-50/h1-35H. The maximum atomic E-state index is 6.25. The summed E-state index contributed by atoms with van der Waals surface area (Å²) in [5.41, 5.74) is 14.8. The highest BCUT2D eigenvalue weighted by molar-refractivity contribution is 5.89. The lowest BCUT2D eigenvalue weighted by Gasteiger charge is -2.26. The fraction of sp³-hybridized carbons (Fsp3) is 0. The molecule has 0 unspecified atom stereocenters. The molecule has 0 spiro atoms. The monoisotopic (exact) mass is 665 g/mol. The molecule has 0 bridgehead atoms. The van der Waals surface area contributed by atoms with Gasteiger partial charge < -0.3 is 9.32 Å². The highest BCUT2D eigenvalue weighted by atomic mass is 16.3. The molecule has 2 heteroatoms. The van der Waals surface area contributed by atoms with Crippen LogP contribution in [0.3, 0.4) is 0 Å². The van der Waals surface area contributed by atoms with E-state index in [-0.39, 0.29) is 0 Å². The average Bonchev–Trinajstić information content (AvgIpc) is 3.67. The van der Waals surface area contributed by atoms with Gasteiger partial charge in [-0.25, -0.2) is 0 Å². The Morgan fingerprint density at radius 2 is 0.673 bits per heavy atom. The summed E-state index contributed by atoms with van der Waals surface area (Å²) in [5.74, 6) is 0.881. The minimum atomic E-state index is 0.881. The van der Waals surface area contributed by atoms with E-state index in [0.29, 0.717) is 0 Å². The van der Waals surface area contributed by atoms with Crippen LogP contribution in [0, 0.1) is 0 Å². The molecule has 0 aliphatic carbocycles. The van der Waals surface area contributed by atoms with Crippen molar-refractivity contribution in [2.45, 2.75) is 0 Å². The van der Waals surface area contributed by atoms with Crippen LogP contribution in [0.5, 0.6) is 0 Å². The molecule has 0 aliphatic rings. The number of anilines is 3. The van der Waals surface area contributed by atoms with Crippen LogP contribution in [0.15, 0.2) is 217 Å². The van der Waals surface area contributed by atoms with Crippen LogP contribution in [0.25, 0.3) is 66.8 Å². The molecule has 9 aromatic rings. The summed E-state index contributed by atoms with van der Waals surface area (Å²) in [6, 6.07) is 75.1. The Kier molecular flexibility index (Phi) is 8.24. The van der Waals surface area contributed by atoms with Crippen LogP contribution >= 0.6 is 0 Å². The number of rotatable bonds is 8. The lowest BCUT2D eigenvalue weighted by atomic mass is 9.94. The number of nitrogens with zero attached hydrogens (tertiary/aromatic N) is 1. The minimum Gasteiger partial charge on any atom is -0.456 e. The van der Waals surface area contributed by atoms with Crippen LogP contribution in [0.4, 0.5) is 17.1 Å². The van der Waals surface area contributed by atoms with E-state index < -0.39 is 0 Å². The van der Waals surface area contributed by atoms with Crippen molar-refractivity contribution < 1.29 is 4.42 Å². The molecule has 0 amide bonds. The van der Waals surface area contributed by atoms with Gasteiger partial charge in [0.2, 0.25) is 0 Å². The van der Waals surface area contributed by atoms with E-state index in [1.54, 1.807) is 0 Å². The third-order valence-electron chi connectivity index (χ3n) is 9.74. The van der Waals surface area contributed by atoms with Gasteiger partial charge in [-0.05, 0) is 93.0 Å². The molecule has 9 rings (SSSR count). The Morgan fingerprint density at radius 3 is 1.25 bits per heavy atom. The normalized spacial score (nSPS) is 11.1. The second-order valence-corrected chi connectivity index (χ2v) is 12.9. The summed E-state index contributed by atoms with van der Waals surface area (Å²) >= 11 is 0. The first-order valence-corrected chi connectivity index (χ1v) is 17.7. The maximum Gasteiger partial charge on any atom is 0.136 e. The molecule has 2 nitrogen and oxygen atoms in total. The highest BCUT2D eigenvalue weighted by Crippen LogP contribution is 2.39. The number of hydrogen-bond acceptors (Lipinski definition) is 2. The second-order valence-electron chi connectivity index (χ2n) is 12.9. The van der Waals surface area contributed by atoms with Crippen LogP contribution in [-0.4, -0.2) is 0 Å². The number of para-hydroxylation sites is 2. The van der Waals surface area contributed by atoms with E-state index in [9.17, 15) is 0 Å². The van der Waals surface area contributed by atoms with Gasteiger partial charge in [0.25, 0.3) is 0 Å². The zero-order chi connectivity index (χ0) is 34.7. The number of benzene rings is 8. The van der Waals surface area contributed by atoms with Crippen LogP contribution < -0.4 is 4.90 Å². The van der Waals surface area contributed by atoms with Gasteiger partial charge >= 0.3 is 0 Å². The molecule has 1 aromatic heterocycles. The third-order valence-corrected chi connectivity index (χ3v) is 9.74. The van der Waals surface area contributed by atoms with Gasteiger partial charge in [-0.3, -0.25) is 0 Å². The van der Waals surface area contributed by atoms with Crippen LogP contribution in [0.2, 0.25) is 0 Å². The molecular formula is C50H35NO. The molecule has 0 saturated heterocycles. The van der Waals surface area contributed by atoms with E-state index >= 15 is 0 Å². The van der Waals surface area contributed by atoms with Crippen molar-refractivity contribution in [2.24, 2.45) is 0 Å². The molecule has 8 aromatic carbocycles. The lowest BCUT2D eigenvalue weighted by molar-refractivity contribution is 0.632. The summed E-state index contributed by atoms with van der Waals surface area (Å²) in [7, 11) is 0. The van der Waals surface area contributed by atoms with Gasteiger partial charge in [-0.2, -0.15) is 0 Å². The molecule has 0 N–H and O–H groups in total. The number of hydrogen-bond donors (Lipinski definition) is 0. The van der Waals surface area contributed by atoms with Crippen molar-refractivity contribution in [1.82, 2.24) is 0 Å². The van der Waals surface area contributed by atoms with Gasteiger partial charge in [0.15, 0.2) is 0 Å². The first-order valence-electron chi connectivity index (χ1n) is 17.7.